The molecular formula is C19H25NO7. The predicted octanol–water partition coefficient (Wildman–Crippen LogP) is 2.24. The van der Waals surface area contributed by atoms with E-state index in [-0.39, 0.29) is 43.0 Å². The maximum atomic E-state index is 12.3. The summed E-state index contributed by atoms with van der Waals surface area (Å²) in [4.78, 5) is 34.5. The van der Waals surface area contributed by atoms with Crippen LogP contribution in [0.3, 0.4) is 0 Å². The van der Waals surface area contributed by atoms with Gasteiger partial charge in [0, 0.05) is 25.3 Å². The molecule has 27 heavy (non-hydrogen) atoms. The number of ether oxygens (including phenoxy) is 4. The van der Waals surface area contributed by atoms with E-state index in [0.29, 0.717) is 17.7 Å². The summed E-state index contributed by atoms with van der Waals surface area (Å²) < 4.78 is 21.1. The van der Waals surface area contributed by atoms with Gasteiger partial charge in [0.05, 0.1) is 25.3 Å². The van der Waals surface area contributed by atoms with Crippen LogP contribution in [-0.2, 0) is 23.8 Å². The third-order valence-corrected chi connectivity index (χ3v) is 4.19. The van der Waals surface area contributed by atoms with E-state index in [9.17, 15) is 14.4 Å². The topological polar surface area (TPSA) is 114 Å². The van der Waals surface area contributed by atoms with Crippen molar-refractivity contribution in [3.8, 4) is 5.75 Å². The van der Waals surface area contributed by atoms with E-state index in [1.807, 2.05) is 0 Å². The molecule has 0 aromatic heterocycles. The Kier molecular flexibility index (Phi) is 7.60. The van der Waals surface area contributed by atoms with E-state index in [0.717, 1.165) is 12.8 Å². The van der Waals surface area contributed by atoms with Crippen molar-refractivity contribution in [1.29, 1.82) is 0 Å². The van der Waals surface area contributed by atoms with Gasteiger partial charge in [-0.25, -0.2) is 0 Å². The second-order valence-corrected chi connectivity index (χ2v) is 6.26. The number of hydrogen-bond donors (Lipinski definition) is 1. The largest absolute Gasteiger partial charge is 0.469 e. The van der Waals surface area contributed by atoms with Gasteiger partial charge in [0.2, 0.25) is 0 Å². The van der Waals surface area contributed by atoms with Gasteiger partial charge in [0.15, 0.2) is 12.1 Å². The highest BCUT2D eigenvalue weighted by Gasteiger charge is 2.26. The second-order valence-electron chi connectivity index (χ2n) is 6.26. The molecule has 1 unspecified atom stereocenters. The molecule has 8 nitrogen and oxygen atoms in total. The van der Waals surface area contributed by atoms with Gasteiger partial charge >= 0.3 is 11.9 Å². The number of methoxy groups -OCH3 is 1. The molecule has 1 heterocycles. The number of nitrogens with two attached hydrogens (primary N) is 1. The molecule has 2 atom stereocenters. The predicted molar refractivity (Wildman–Crippen MR) is 96.2 cm³/mol. The molecule has 0 amide bonds. The van der Waals surface area contributed by atoms with Gasteiger partial charge in [-0.1, -0.05) is 6.07 Å². The lowest BCUT2D eigenvalue weighted by Crippen LogP contribution is -2.35. The van der Waals surface area contributed by atoms with Crippen LogP contribution in [-0.4, -0.2) is 43.8 Å². The smallest absolute Gasteiger partial charge is 0.305 e. The van der Waals surface area contributed by atoms with Crippen LogP contribution in [0.2, 0.25) is 0 Å². The van der Waals surface area contributed by atoms with Crippen LogP contribution in [0.5, 0.6) is 5.75 Å². The summed E-state index contributed by atoms with van der Waals surface area (Å²) >= 11 is 0. The molecule has 2 N–H and O–H groups in total. The SMILES string of the molecule is COC(=O)CCC(=O)c1cccc(OC2CCC[C@H](COC(C)=O)O2)c1N. The minimum atomic E-state index is -0.540. The molecule has 0 aliphatic carbocycles. The van der Waals surface area contributed by atoms with Crippen molar-refractivity contribution < 1.29 is 33.3 Å². The van der Waals surface area contributed by atoms with Crippen LogP contribution in [0.15, 0.2) is 18.2 Å². The highest BCUT2D eigenvalue weighted by Crippen LogP contribution is 2.30. The number of hydrogen-bond acceptors (Lipinski definition) is 8. The van der Waals surface area contributed by atoms with E-state index < -0.39 is 12.3 Å². The first-order valence-corrected chi connectivity index (χ1v) is 8.84. The van der Waals surface area contributed by atoms with Crippen molar-refractivity contribution in [3.63, 3.8) is 0 Å². The number of para-hydroxylation sites is 1. The fourth-order valence-corrected chi connectivity index (χ4v) is 2.77. The summed E-state index contributed by atoms with van der Waals surface area (Å²) in [5.41, 5.74) is 6.59. The average molecular weight is 379 g/mol. The van der Waals surface area contributed by atoms with Gasteiger partial charge in [-0.3, -0.25) is 14.4 Å². The lowest BCUT2D eigenvalue weighted by molar-refractivity contribution is -0.172. The summed E-state index contributed by atoms with van der Waals surface area (Å²) in [6.07, 6.45) is 1.51. The zero-order chi connectivity index (χ0) is 19.8. The number of carbonyl (C=O) groups is 3. The number of benzene rings is 1. The van der Waals surface area contributed by atoms with Gasteiger partial charge in [0.1, 0.15) is 12.4 Å². The Morgan fingerprint density at radius 2 is 2.00 bits per heavy atom. The number of ketones is 1. The fourth-order valence-electron chi connectivity index (χ4n) is 2.77. The van der Waals surface area contributed by atoms with E-state index in [1.54, 1.807) is 18.2 Å². The lowest BCUT2D eigenvalue weighted by atomic mass is 10.0. The van der Waals surface area contributed by atoms with Gasteiger partial charge in [0.25, 0.3) is 0 Å². The Hall–Kier alpha value is -2.61. The number of rotatable bonds is 8. The van der Waals surface area contributed by atoms with Crippen LogP contribution in [0.4, 0.5) is 5.69 Å². The monoisotopic (exact) mass is 379 g/mol. The quantitative estimate of drug-likeness (QED) is 0.415. The molecule has 0 radical (unpaired) electrons. The fraction of sp³-hybridized carbons (Fsp3) is 0.526. The summed E-state index contributed by atoms with van der Waals surface area (Å²) in [6, 6.07) is 4.91. The lowest BCUT2D eigenvalue weighted by Gasteiger charge is -2.30. The van der Waals surface area contributed by atoms with Crippen molar-refractivity contribution in [3.05, 3.63) is 23.8 Å². The summed E-state index contributed by atoms with van der Waals surface area (Å²) in [5.74, 6) is -0.731. The molecule has 0 bridgehead atoms. The van der Waals surface area contributed by atoms with E-state index in [2.05, 4.69) is 4.74 Å². The van der Waals surface area contributed by atoms with Gasteiger partial charge in [-0.2, -0.15) is 0 Å². The van der Waals surface area contributed by atoms with Crippen LogP contribution in [0.25, 0.3) is 0 Å². The van der Waals surface area contributed by atoms with E-state index in [1.165, 1.54) is 14.0 Å². The van der Waals surface area contributed by atoms with E-state index >= 15 is 0 Å². The molecule has 0 spiro atoms. The Morgan fingerprint density at radius 3 is 2.70 bits per heavy atom. The first-order valence-electron chi connectivity index (χ1n) is 8.84. The molecule has 0 saturated carbocycles. The van der Waals surface area contributed by atoms with Crippen LogP contribution in [0.1, 0.15) is 49.4 Å². The zero-order valence-corrected chi connectivity index (χ0v) is 15.6. The minimum Gasteiger partial charge on any atom is -0.469 e. The summed E-state index contributed by atoms with van der Waals surface area (Å²) in [5, 5.41) is 0. The van der Waals surface area contributed by atoms with Crippen LogP contribution >= 0.6 is 0 Å². The van der Waals surface area contributed by atoms with E-state index in [4.69, 9.17) is 19.9 Å². The van der Waals surface area contributed by atoms with Crippen molar-refractivity contribution in [1.82, 2.24) is 0 Å². The molecule has 1 aliphatic heterocycles. The molecule has 1 aromatic rings. The highest BCUT2D eigenvalue weighted by atomic mass is 16.7. The van der Waals surface area contributed by atoms with Gasteiger partial charge in [-0.05, 0) is 25.0 Å². The molecule has 1 aliphatic rings. The van der Waals surface area contributed by atoms with Crippen molar-refractivity contribution in [2.24, 2.45) is 0 Å². The number of esters is 2. The molecule has 148 valence electrons. The molecule has 1 aromatic carbocycles. The molecular weight excluding hydrogens is 354 g/mol. The Morgan fingerprint density at radius 1 is 1.22 bits per heavy atom. The highest BCUT2D eigenvalue weighted by molar-refractivity contribution is 6.02. The Labute approximate surface area is 157 Å². The number of nitrogen functional groups attached to an aromatic ring is 1. The van der Waals surface area contributed by atoms with Crippen molar-refractivity contribution in [2.45, 2.75) is 51.4 Å². The van der Waals surface area contributed by atoms with Crippen molar-refractivity contribution in [2.75, 3.05) is 19.5 Å². The molecule has 2 rings (SSSR count). The van der Waals surface area contributed by atoms with Crippen molar-refractivity contribution >= 4 is 23.4 Å². The average Bonchev–Trinajstić information content (AvgIpc) is 2.66. The molecule has 8 heteroatoms. The zero-order valence-electron chi connectivity index (χ0n) is 15.6. The summed E-state index contributed by atoms with van der Waals surface area (Å²) in [6.45, 7) is 1.52. The van der Waals surface area contributed by atoms with Crippen LogP contribution < -0.4 is 10.5 Å². The van der Waals surface area contributed by atoms with Crippen LogP contribution in [0, 0.1) is 0 Å². The number of anilines is 1. The van der Waals surface area contributed by atoms with Gasteiger partial charge in [-0.15, -0.1) is 0 Å². The number of carbonyl (C=O) groups excluding carboxylic acids is 3. The second kappa shape index (κ2) is 9.91. The normalized spacial score (nSPS) is 19.2. The third kappa shape index (κ3) is 6.25. The maximum absolute atomic E-state index is 12.3. The first kappa shape index (κ1) is 20.7. The molecule has 1 fully saturated rings. The molecule has 1 saturated heterocycles. The van der Waals surface area contributed by atoms with Gasteiger partial charge < -0.3 is 24.7 Å². The summed E-state index contributed by atoms with van der Waals surface area (Å²) in [7, 11) is 1.27. The first-order chi connectivity index (χ1) is 12.9. The number of Topliss-reactive ketones (excluding diaryl/α,β-unsaturated/α-hetero) is 1. The Bertz CT molecular complexity index is 689. The Balaban J connectivity index is 1.99. The maximum Gasteiger partial charge on any atom is 0.305 e. The minimum absolute atomic E-state index is 0.00468. The standard InChI is InChI=1S/C19H25NO7/c1-12(21)25-11-13-5-3-8-18(26-13)27-16-7-4-6-14(19(16)20)15(22)9-10-17(23)24-2/h4,6-7,13,18H,3,5,8-11,20H2,1-2H3/t13-,18?/m1/s1. The third-order valence-electron chi connectivity index (χ3n) is 4.19.